The molecule has 2 unspecified atom stereocenters. The lowest BCUT2D eigenvalue weighted by molar-refractivity contribution is -0.169. The quantitative estimate of drug-likeness (QED) is 0.0814. The lowest BCUT2D eigenvalue weighted by atomic mass is 10.0. The third kappa shape index (κ3) is 22.2. The van der Waals surface area contributed by atoms with E-state index in [-0.39, 0.29) is 24.1 Å². The molecule has 0 fully saturated rings. The summed E-state index contributed by atoms with van der Waals surface area (Å²) in [6.07, 6.45) is 25.8. The fourth-order valence-electron chi connectivity index (χ4n) is 4.83. The van der Waals surface area contributed by atoms with Crippen molar-refractivity contribution in [1.29, 1.82) is 0 Å². The highest BCUT2D eigenvalue weighted by molar-refractivity contribution is 5.70. The molecule has 0 aliphatic carbocycles. The standard InChI is InChI=1S/C32H62O4/c1-5-9-11-13-15-17-19-21-23-27-31(33)35-29(25-7-3)30(26-8-4)36-32(34)28-24-22-20-18-16-14-12-10-6-2/h29-30H,5-28H2,1-4H3. The van der Waals surface area contributed by atoms with E-state index in [1.807, 2.05) is 0 Å². The Balaban J connectivity index is 4.21. The van der Waals surface area contributed by atoms with E-state index in [0.29, 0.717) is 12.8 Å². The van der Waals surface area contributed by atoms with Crippen LogP contribution in [0.3, 0.4) is 0 Å². The molecule has 0 spiro atoms. The molecule has 0 rings (SSSR count). The first-order valence-electron chi connectivity index (χ1n) is 16.0. The van der Waals surface area contributed by atoms with Gasteiger partial charge in [0.15, 0.2) is 0 Å². The molecular weight excluding hydrogens is 448 g/mol. The minimum absolute atomic E-state index is 0.132. The lowest BCUT2D eigenvalue weighted by Crippen LogP contribution is -2.35. The minimum atomic E-state index is -0.312. The largest absolute Gasteiger partial charge is 0.458 e. The van der Waals surface area contributed by atoms with Gasteiger partial charge < -0.3 is 9.47 Å². The first-order valence-corrected chi connectivity index (χ1v) is 16.0. The van der Waals surface area contributed by atoms with Crippen LogP contribution in [-0.2, 0) is 19.1 Å². The van der Waals surface area contributed by atoms with Crippen LogP contribution in [0.5, 0.6) is 0 Å². The van der Waals surface area contributed by atoms with Gasteiger partial charge in [0.05, 0.1) is 0 Å². The Kier molecular flexibility index (Phi) is 26.2. The Hall–Kier alpha value is -1.06. The van der Waals surface area contributed by atoms with E-state index in [1.54, 1.807) is 0 Å². The number of hydrogen-bond acceptors (Lipinski definition) is 4. The Morgan fingerprint density at radius 1 is 0.417 bits per heavy atom. The Morgan fingerprint density at radius 3 is 0.972 bits per heavy atom. The van der Waals surface area contributed by atoms with Gasteiger partial charge in [0, 0.05) is 12.8 Å². The van der Waals surface area contributed by atoms with E-state index in [9.17, 15) is 9.59 Å². The van der Waals surface area contributed by atoms with Crippen molar-refractivity contribution >= 4 is 11.9 Å². The van der Waals surface area contributed by atoms with Gasteiger partial charge in [-0.3, -0.25) is 9.59 Å². The second-order valence-corrected chi connectivity index (χ2v) is 10.8. The zero-order valence-electron chi connectivity index (χ0n) is 24.8. The predicted octanol–water partition coefficient (Wildman–Crippen LogP) is 10.3. The van der Waals surface area contributed by atoms with Gasteiger partial charge in [-0.2, -0.15) is 0 Å². The highest BCUT2D eigenvalue weighted by Gasteiger charge is 2.27. The van der Waals surface area contributed by atoms with Crippen molar-refractivity contribution in [2.75, 3.05) is 0 Å². The van der Waals surface area contributed by atoms with E-state index in [0.717, 1.165) is 51.4 Å². The van der Waals surface area contributed by atoms with E-state index < -0.39 is 0 Å². The van der Waals surface area contributed by atoms with E-state index in [2.05, 4.69) is 27.7 Å². The normalized spacial score (nSPS) is 12.9. The average Bonchev–Trinajstić information content (AvgIpc) is 2.86. The molecule has 0 saturated carbocycles. The number of rotatable bonds is 27. The maximum Gasteiger partial charge on any atom is 0.306 e. The zero-order valence-corrected chi connectivity index (χ0v) is 24.8. The van der Waals surface area contributed by atoms with Gasteiger partial charge in [0.25, 0.3) is 0 Å². The van der Waals surface area contributed by atoms with Crippen molar-refractivity contribution in [1.82, 2.24) is 0 Å². The van der Waals surface area contributed by atoms with Gasteiger partial charge in [-0.1, -0.05) is 143 Å². The summed E-state index contributed by atoms with van der Waals surface area (Å²) < 4.78 is 11.7. The van der Waals surface area contributed by atoms with Gasteiger partial charge >= 0.3 is 11.9 Å². The summed E-state index contributed by atoms with van der Waals surface area (Å²) >= 11 is 0. The molecule has 0 aliphatic heterocycles. The highest BCUT2D eigenvalue weighted by atomic mass is 16.6. The van der Waals surface area contributed by atoms with Crippen molar-refractivity contribution in [3.8, 4) is 0 Å². The van der Waals surface area contributed by atoms with Crippen molar-refractivity contribution in [2.45, 2.75) is 194 Å². The Morgan fingerprint density at radius 2 is 0.694 bits per heavy atom. The van der Waals surface area contributed by atoms with Crippen LogP contribution in [0, 0.1) is 0 Å². The van der Waals surface area contributed by atoms with Crippen LogP contribution in [-0.4, -0.2) is 24.1 Å². The van der Waals surface area contributed by atoms with Crippen LogP contribution < -0.4 is 0 Å². The molecule has 0 radical (unpaired) electrons. The second-order valence-electron chi connectivity index (χ2n) is 10.8. The number of unbranched alkanes of at least 4 members (excludes halogenated alkanes) is 16. The molecule has 0 aromatic rings. The van der Waals surface area contributed by atoms with Crippen LogP contribution in [0.4, 0.5) is 0 Å². The van der Waals surface area contributed by atoms with E-state index >= 15 is 0 Å². The van der Waals surface area contributed by atoms with Gasteiger partial charge in [-0.15, -0.1) is 0 Å². The molecule has 0 N–H and O–H groups in total. The molecule has 214 valence electrons. The average molecular weight is 511 g/mol. The van der Waals surface area contributed by atoms with Crippen molar-refractivity contribution in [2.24, 2.45) is 0 Å². The minimum Gasteiger partial charge on any atom is -0.458 e. The maximum absolute atomic E-state index is 12.5. The van der Waals surface area contributed by atoms with Gasteiger partial charge in [-0.05, 0) is 25.7 Å². The summed E-state index contributed by atoms with van der Waals surface area (Å²) in [5, 5.41) is 0. The van der Waals surface area contributed by atoms with Gasteiger partial charge in [0.2, 0.25) is 0 Å². The van der Waals surface area contributed by atoms with Crippen LogP contribution in [0.25, 0.3) is 0 Å². The molecule has 0 saturated heterocycles. The summed E-state index contributed by atoms with van der Waals surface area (Å²) in [6, 6.07) is 0. The molecule has 36 heavy (non-hydrogen) atoms. The summed E-state index contributed by atoms with van der Waals surface area (Å²) in [5.41, 5.74) is 0. The number of esters is 2. The van der Waals surface area contributed by atoms with Crippen molar-refractivity contribution < 1.29 is 19.1 Å². The predicted molar refractivity (Wildman–Crippen MR) is 153 cm³/mol. The zero-order chi connectivity index (χ0) is 26.7. The van der Waals surface area contributed by atoms with Gasteiger partial charge in [0.1, 0.15) is 12.2 Å². The number of carbonyl (C=O) groups excluding carboxylic acids is 2. The fourth-order valence-corrected chi connectivity index (χ4v) is 4.83. The van der Waals surface area contributed by atoms with E-state index in [1.165, 1.54) is 89.9 Å². The number of ether oxygens (including phenoxy) is 2. The van der Waals surface area contributed by atoms with Crippen LogP contribution in [0.1, 0.15) is 182 Å². The van der Waals surface area contributed by atoms with Crippen LogP contribution in [0.15, 0.2) is 0 Å². The van der Waals surface area contributed by atoms with Crippen molar-refractivity contribution in [3.63, 3.8) is 0 Å². The molecule has 0 aromatic heterocycles. The summed E-state index contributed by atoms with van der Waals surface area (Å²) in [6.45, 7) is 8.68. The molecule has 0 amide bonds. The second kappa shape index (κ2) is 27.0. The topological polar surface area (TPSA) is 52.6 Å². The highest BCUT2D eigenvalue weighted by Crippen LogP contribution is 2.19. The molecule has 0 aromatic carbocycles. The molecule has 4 heteroatoms. The maximum atomic E-state index is 12.5. The Labute approximate surface area is 225 Å². The molecule has 0 bridgehead atoms. The molecule has 2 atom stereocenters. The first kappa shape index (κ1) is 34.9. The first-order chi connectivity index (χ1) is 17.6. The molecule has 4 nitrogen and oxygen atoms in total. The number of hydrogen-bond donors (Lipinski definition) is 0. The summed E-state index contributed by atoms with van der Waals surface area (Å²) in [7, 11) is 0. The van der Waals surface area contributed by atoms with Gasteiger partial charge in [-0.25, -0.2) is 0 Å². The molecule has 0 aliphatic rings. The van der Waals surface area contributed by atoms with E-state index in [4.69, 9.17) is 9.47 Å². The van der Waals surface area contributed by atoms with Crippen molar-refractivity contribution in [3.05, 3.63) is 0 Å². The monoisotopic (exact) mass is 510 g/mol. The SMILES string of the molecule is CCCCCCCCCCCC(=O)OC(CCC)C(CCC)OC(=O)CCCCCCCCCCC. The third-order valence-electron chi connectivity index (χ3n) is 7.10. The fraction of sp³-hybridized carbons (Fsp3) is 0.938. The lowest BCUT2D eigenvalue weighted by Gasteiger charge is -2.27. The van der Waals surface area contributed by atoms with Crippen LogP contribution in [0.2, 0.25) is 0 Å². The smallest absolute Gasteiger partial charge is 0.306 e. The molecule has 0 heterocycles. The summed E-state index contributed by atoms with van der Waals surface area (Å²) in [4.78, 5) is 25.0. The third-order valence-corrected chi connectivity index (χ3v) is 7.10. The summed E-state index contributed by atoms with van der Waals surface area (Å²) in [5.74, 6) is -0.264. The molecular formula is C32H62O4. The van der Waals surface area contributed by atoms with Crippen LogP contribution >= 0.6 is 0 Å². The Bertz CT molecular complexity index is 447. The number of carbonyl (C=O) groups is 2.